The molecule has 0 aromatic heterocycles. The SMILES string of the molecule is CC(=O)C[CH2][Sn+2][CH2]CC(C)=O. The van der Waals surface area contributed by atoms with Crippen LogP contribution in [-0.2, 0) is 9.59 Å². The van der Waals surface area contributed by atoms with E-state index in [4.69, 9.17) is 0 Å². The van der Waals surface area contributed by atoms with Crippen LogP contribution in [0.2, 0.25) is 8.87 Å². The fourth-order valence-corrected chi connectivity index (χ4v) is 4.39. The predicted octanol–water partition coefficient (Wildman–Crippen LogP) is 1.49. The zero-order valence-electron chi connectivity index (χ0n) is 7.14. The Morgan fingerprint density at radius 3 is 1.64 bits per heavy atom. The first-order valence-corrected chi connectivity index (χ1v) is 7.86. The van der Waals surface area contributed by atoms with E-state index in [2.05, 4.69) is 0 Å². The number of Topliss-reactive ketones (excluding diaryl/α,β-unsaturated/α-hetero) is 2. The molecule has 0 aromatic rings. The van der Waals surface area contributed by atoms with Crippen molar-refractivity contribution in [3.8, 4) is 0 Å². The Bertz CT molecular complexity index is 127. The van der Waals surface area contributed by atoms with Gasteiger partial charge in [0.15, 0.2) is 0 Å². The molecule has 0 heterocycles. The molecule has 0 rings (SSSR count). The average Bonchev–Trinajstić information content (AvgIpc) is 1.85. The Hall–Kier alpha value is 0.139. The van der Waals surface area contributed by atoms with Crippen molar-refractivity contribution in [2.24, 2.45) is 0 Å². The van der Waals surface area contributed by atoms with E-state index in [0.717, 1.165) is 21.7 Å². The third-order valence-electron chi connectivity index (χ3n) is 1.31. The summed E-state index contributed by atoms with van der Waals surface area (Å²) in [7, 11) is 0. The molecule has 0 saturated carbocycles. The molecule has 0 saturated heterocycles. The molecule has 0 N–H and O–H groups in total. The molecular weight excluding hydrogens is 247 g/mol. The summed E-state index contributed by atoms with van der Waals surface area (Å²) in [6, 6.07) is 0. The van der Waals surface area contributed by atoms with Crippen LogP contribution in [0.3, 0.4) is 0 Å². The molecule has 2 nitrogen and oxygen atoms in total. The summed E-state index contributed by atoms with van der Waals surface area (Å²) in [6.07, 6.45) is 1.48. The van der Waals surface area contributed by atoms with E-state index in [0.29, 0.717) is 0 Å². The molecule has 0 fully saturated rings. The van der Waals surface area contributed by atoms with Gasteiger partial charge in [-0.15, -0.1) is 0 Å². The Labute approximate surface area is 78.0 Å². The molecule has 0 unspecified atom stereocenters. The van der Waals surface area contributed by atoms with Gasteiger partial charge >= 0.3 is 77.9 Å². The minimum absolute atomic E-state index is 0.286. The number of hydrogen-bond donors (Lipinski definition) is 0. The Balaban J connectivity index is 3.03. The minimum atomic E-state index is -0.366. The molecule has 0 aliphatic heterocycles. The van der Waals surface area contributed by atoms with E-state index < -0.39 is 0 Å². The second-order valence-electron chi connectivity index (χ2n) is 2.65. The van der Waals surface area contributed by atoms with Crippen molar-refractivity contribution in [2.75, 3.05) is 0 Å². The topological polar surface area (TPSA) is 34.1 Å². The third-order valence-corrected chi connectivity index (χ3v) is 4.75. The number of carbonyl (C=O) groups excluding carboxylic acids is 2. The fourth-order valence-electron chi connectivity index (χ4n) is 0.654. The van der Waals surface area contributed by atoms with E-state index in [1.807, 2.05) is 0 Å². The second kappa shape index (κ2) is 6.82. The van der Waals surface area contributed by atoms with Gasteiger partial charge in [-0.3, -0.25) is 0 Å². The zero-order chi connectivity index (χ0) is 8.69. The van der Waals surface area contributed by atoms with E-state index in [9.17, 15) is 9.59 Å². The van der Waals surface area contributed by atoms with Crippen LogP contribution in [0.5, 0.6) is 0 Å². The van der Waals surface area contributed by atoms with Gasteiger partial charge in [0.25, 0.3) is 0 Å². The van der Waals surface area contributed by atoms with Crippen molar-refractivity contribution in [1.29, 1.82) is 0 Å². The van der Waals surface area contributed by atoms with E-state index >= 15 is 0 Å². The maximum atomic E-state index is 10.5. The number of ketones is 2. The van der Waals surface area contributed by atoms with Gasteiger partial charge in [0, 0.05) is 0 Å². The van der Waals surface area contributed by atoms with Gasteiger partial charge in [-0.05, 0) is 0 Å². The molecule has 0 spiro atoms. The molecule has 0 radical (unpaired) electrons. The zero-order valence-corrected chi connectivity index (χ0v) is 10.00. The van der Waals surface area contributed by atoms with Crippen molar-refractivity contribution >= 4 is 32.7 Å². The van der Waals surface area contributed by atoms with Crippen LogP contribution < -0.4 is 0 Å². The summed E-state index contributed by atoms with van der Waals surface area (Å²) in [4.78, 5) is 21.0. The van der Waals surface area contributed by atoms with Gasteiger partial charge in [0.1, 0.15) is 0 Å². The molecule has 0 bridgehead atoms. The van der Waals surface area contributed by atoms with Gasteiger partial charge in [0.05, 0.1) is 0 Å². The Morgan fingerprint density at radius 1 is 1.00 bits per heavy atom. The molecule has 0 aliphatic carbocycles. The molecule has 0 aliphatic rings. The number of rotatable bonds is 6. The van der Waals surface area contributed by atoms with E-state index in [-0.39, 0.29) is 32.7 Å². The van der Waals surface area contributed by atoms with Gasteiger partial charge in [-0.1, -0.05) is 0 Å². The average molecular weight is 261 g/mol. The first kappa shape index (κ1) is 11.1. The van der Waals surface area contributed by atoms with Crippen LogP contribution in [0.4, 0.5) is 0 Å². The first-order valence-electron chi connectivity index (χ1n) is 3.82. The van der Waals surface area contributed by atoms with Crippen LogP contribution in [0, 0.1) is 0 Å². The standard InChI is InChI=1S/2C4H7O.Sn/c2*1-3-4(2)5;/h2*1,3H2,2H3;/q;;+2. The summed E-state index contributed by atoms with van der Waals surface area (Å²) in [5.74, 6) is 0.572. The summed E-state index contributed by atoms with van der Waals surface area (Å²) in [5.41, 5.74) is 0. The van der Waals surface area contributed by atoms with Gasteiger partial charge in [-0.25, -0.2) is 0 Å². The van der Waals surface area contributed by atoms with Crippen molar-refractivity contribution < 1.29 is 9.59 Å². The van der Waals surface area contributed by atoms with Gasteiger partial charge in [-0.2, -0.15) is 0 Å². The Kier molecular flexibility index (Phi) is 6.91. The van der Waals surface area contributed by atoms with Crippen molar-refractivity contribution in [2.45, 2.75) is 35.6 Å². The molecule has 11 heavy (non-hydrogen) atoms. The summed E-state index contributed by atoms with van der Waals surface area (Å²) >= 11 is -0.366. The van der Waals surface area contributed by atoms with Crippen LogP contribution in [0.15, 0.2) is 0 Å². The summed E-state index contributed by atoms with van der Waals surface area (Å²) in [5, 5.41) is 0. The quantitative estimate of drug-likeness (QED) is 0.536. The van der Waals surface area contributed by atoms with Crippen LogP contribution >= 0.6 is 0 Å². The molecular formula is C8H14O2Sn+2. The molecule has 0 atom stereocenters. The van der Waals surface area contributed by atoms with Crippen molar-refractivity contribution in [1.82, 2.24) is 0 Å². The number of carbonyl (C=O) groups is 2. The summed E-state index contributed by atoms with van der Waals surface area (Å²) < 4.78 is 2.21. The monoisotopic (exact) mass is 262 g/mol. The van der Waals surface area contributed by atoms with Crippen LogP contribution in [-0.4, -0.2) is 32.7 Å². The van der Waals surface area contributed by atoms with Gasteiger partial charge in [0.2, 0.25) is 0 Å². The summed E-state index contributed by atoms with van der Waals surface area (Å²) in [6.45, 7) is 3.26. The van der Waals surface area contributed by atoms with Crippen LogP contribution in [0.1, 0.15) is 26.7 Å². The third kappa shape index (κ3) is 10.1. The first-order chi connectivity index (χ1) is 5.13. The number of hydrogen-bond acceptors (Lipinski definition) is 2. The molecule has 3 heteroatoms. The normalized spacial score (nSPS) is 8.91. The fraction of sp³-hybridized carbons (Fsp3) is 0.750. The molecule has 60 valence electrons. The second-order valence-corrected chi connectivity index (χ2v) is 6.94. The molecule has 0 aromatic carbocycles. The van der Waals surface area contributed by atoms with E-state index in [1.54, 1.807) is 13.8 Å². The van der Waals surface area contributed by atoms with Crippen molar-refractivity contribution in [3.63, 3.8) is 0 Å². The molecule has 0 amide bonds. The van der Waals surface area contributed by atoms with Crippen molar-refractivity contribution in [3.05, 3.63) is 0 Å². The Morgan fingerprint density at radius 2 is 1.36 bits per heavy atom. The predicted molar refractivity (Wildman–Crippen MR) is 46.0 cm³/mol. The van der Waals surface area contributed by atoms with E-state index in [1.165, 1.54) is 0 Å². The van der Waals surface area contributed by atoms with Gasteiger partial charge < -0.3 is 0 Å². The van der Waals surface area contributed by atoms with Crippen LogP contribution in [0.25, 0.3) is 0 Å². The maximum absolute atomic E-state index is 10.5.